The summed E-state index contributed by atoms with van der Waals surface area (Å²) < 4.78 is 0. The molecule has 48 heavy (non-hydrogen) atoms. The fraction of sp³-hybridized carbons (Fsp3) is 0.915. The van der Waals surface area contributed by atoms with Crippen molar-refractivity contribution in [3.05, 3.63) is 23.3 Å². The van der Waals surface area contributed by atoms with Crippen molar-refractivity contribution in [1.29, 1.82) is 0 Å². The van der Waals surface area contributed by atoms with E-state index >= 15 is 0 Å². The van der Waals surface area contributed by atoms with E-state index < -0.39 is 0 Å². The number of allylic oxidation sites excluding steroid dienone is 3. The van der Waals surface area contributed by atoms with Crippen LogP contribution < -0.4 is 5.73 Å². The zero-order valence-corrected chi connectivity index (χ0v) is 32.8. The molecule has 0 amide bonds. The zero-order chi connectivity index (χ0) is 33.6. The van der Waals surface area contributed by atoms with Gasteiger partial charge in [0, 0.05) is 6.04 Å². The van der Waals surface area contributed by atoms with E-state index in [1.165, 1.54) is 128 Å². The van der Waals surface area contributed by atoms with E-state index in [1.54, 1.807) is 5.57 Å². The fourth-order valence-corrected chi connectivity index (χ4v) is 17.0. The quantitative estimate of drug-likeness (QED) is 0.271. The zero-order valence-electron chi connectivity index (χ0n) is 32.8. The van der Waals surface area contributed by atoms with Gasteiger partial charge in [-0.1, -0.05) is 91.0 Å². The Morgan fingerprint density at radius 2 is 1.17 bits per heavy atom. The summed E-state index contributed by atoms with van der Waals surface area (Å²) >= 11 is 0. The summed E-state index contributed by atoms with van der Waals surface area (Å²) in [5.41, 5.74) is 12.3. The van der Waals surface area contributed by atoms with Gasteiger partial charge in [-0.3, -0.25) is 0 Å². The van der Waals surface area contributed by atoms with Gasteiger partial charge in [0.1, 0.15) is 0 Å². The smallest absolute Gasteiger partial charge is 0.00766 e. The van der Waals surface area contributed by atoms with E-state index in [-0.39, 0.29) is 0 Å². The van der Waals surface area contributed by atoms with Crippen molar-refractivity contribution in [2.45, 2.75) is 183 Å². The molecule has 6 saturated carbocycles. The monoisotopic (exact) mass is 656 g/mol. The molecular weight excluding hydrogens is 579 g/mol. The number of nitrogens with two attached hydrogens (primary N) is 1. The van der Waals surface area contributed by atoms with Crippen LogP contribution in [0.1, 0.15) is 177 Å². The fourth-order valence-electron chi connectivity index (χ4n) is 17.0. The molecule has 8 rings (SSSR count). The van der Waals surface area contributed by atoms with Gasteiger partial charge in [0.2, 0.25) is 0 Å². The molecule has 0 aromatic carbocycles. The average Bonchev–Trinajstić information content (AvgIpc) is 3.61. The maximum atomic E-state index is 6.49. The Bertz CT molecular complexity index is 1260. The number of unbranched alkanes of at least 4 members (excludes halogenated alkanes) is 1. The SMILES string of the molecule is CCCC[C@H]1CCC2(C)C(=CC[C@H]3C2CCC2(C)C([C@H](C)C[C@@H](C)C4CC[C@H]5[C@H]6CC=C7C[C@@H](N)CCC7(C)C6CCC45C)CC[C@@H]32)C1. The minimum Gasteiger partial charge on any atom is -0.327 e. The molecule has 16 atom stereocenters. The van der Waals surface area contributed by atoms with E-state index in [2.05, 4.69) is 60.6 Å². The third-order valence-corrected chi connectivity index (χ3v) is 19.6. The van der Waals surface area contributed by atoms with Crippen LogP contribution in [-0.2, 0) is 0 Å². The molecule has 1 nitrogen and oxygen atoms in total. The van der Waals surface area contributed by atoms with Crippen LogP contribution in [-0.4, -0.2) is 6.04 Å². The molecule has 0 bridgehead atoms. The van der Waals surface area contributed by atoms with Gasteiger partial charge in [0.15, 0.2) is 0 Å². The van der Waals surface area contributed by atoms with Crippen molar-refractivity contribution in [1.82, 2.24) is 0 Å². The van der Waals surface area contributed by atoms with E-state index in [9.17, 15) is 0 Å². The molecule has 8 aliphatic carbocycles. The largest absolute Gasteiger partial charge is 0.327 e. The van der Waals surface area contributed by atoms with Crippen molar-refractivity contribution in [3.63, 3.8) is 0 Å². The maximum Gasteiger partial charge on any atom is 0.00766 e. The maximum absolute atomic E-state index is 6.49. The normalized spacial score (nSPS) is 52.4. The Balaban J connectivity index is 0.929. The molecule has 0 spiro atoms. The van der Waals surface area contributed by atoms with Gasteiger partial charge < -0.3 is 5.73 Å². The van der Waals surface area contributed by atoms with Gasteiger partial charge in [0.05, 0.1) is 0 Å². The Hall–Kier alpha value is -0.560. The Morgan fingerprint density at radius 3 is 1.71 bits per heavy atom. The van der Waals surface area contributed by atoms with Crippen LogP contribution in [0.5, 0.6) is 0 Å². The van der Waals surface area contributed by atoms with E-state index in [0.29, 0.717) is 27.7 Å². The number of fused-ring (bicyclic) bond motifs is 10. The number of hydrogen-bond acceptors (Lipinski definition) is 1. The highest BCUT2D eigenvalue weighted by atomic mass is 14.7. The molecule has 0 aliphatic heterocycles. The Labute approximate surface area is 297 Å². The molecule has 1 heteroatoms. The first-order valence-corrected chi connectivity index (χ1v) is 22.1. The molecule has 0 aromatic heterocycles. The summed E-state index contributed by atoms with van der Waals surface area (Å²) in [6.07, 6.45) is 34.4. The Kier molecular flexibility index (Phi) is 9.02. The highest BCUT2D eigenvalue weighted by Gasteiger charge is 2.61. The summed E-state index contributed by atoms with van der Waals surface area (Å²) in [5, 5.41) is 0. The predicted octanol–water partition coefficient (Wildman–Crippen LogP) is 12.9. The lowest BCUT2D eigenvalue weighted by Gasteiger charge is -2.59. The first-order chi connectivity index (χ1) is 22.9. The van der Waals surface area contributed by atoms with E-state index in [0.717, 1.165) is 65.1 Å². The van der Waals surface area contributed by atoms with Crippen LogP contribution in [0.3, 0.4) is 0 Å². The van der Waals surface area contributed by atoms with Crippen LogP contribution >= 0.6 is 0 Å². The van der Waals surface area contributed by atoms with Gasteiger partial charge in [-0.15, -0.1) is 0 Å². The van der Waals surface area contributed by atoms with Gasteiger partial charge in [-0.2, -0.15) is 0 Å². The van der Waals surface area contributed by atoms with Crippen molar-refractivity contribution < 1.29 is 0 Å². The summed E-state index contributed by atoms with van der Waals surface area (Å²) in [6.45, 7) is 18.8. The molecule has 8 unspecified atom stereocenters. The highest BCUT2D eigenvalue weighted by molar-refractivity contribution is 5.27. The molecule has 2 N–H and O–H groups in total. The van der Waals surface area contributed by atoms with Gasteiger partial charge in [-0.05, 0) is 196 Å². The van der Waals surface area contributed by atoms with Crippen molar-refractivity contribution in [2.75, 3.05) is 0 Å². The minimum absolute atomic E-state index is 0.414. The number of hydrogen-bond donors (Lipinski definition) is 1. The third-order valence-electron chi connectivity index (χ3n) is 19.6. The molecule has 0 aromatic rings. The molecule has 6 fully saturated rings. The van der Waals surface area contributed by atoms with E-state index in [4.69, 9.17) is 5.73 Å². The predicted molar refractivity (Wildman–Crippen MR) is 204 cm³/mol. The van der Waals surface area contributed by atoms with Crippen molar-refractivity contribution >= 4 is 0 Å². The first kappa shape index (κ1) is 34.5. The van der Waals surface area contributed by atoms with Crippen LogP contribution in [0.25, 0.3) is 0 Å². The standard InChI is InChI=1S/C47H77N/c1-8-9-10-32-19-23-44(4)33(28-32)11-13-36-40-17-15-38(46(40,6)25-21-42(36)44)30(2)27-31(3)39-16-18-41-37-14-12-34-29-35(48)20-24-45(34,5)43(37)22-26-47(39,41)7/h11-12,30-32,35-43H,8-10,13-29,48H2,1-7H3/t30-,31-,32+,35+,36-,37-,38?,39?,40+,41+,42?,43?,44?,45?,46?,47?/m1/s1. The molecule has 0 radical (unpaired) electrons. The van der Waals surface area contributed by atoms with E-state index in [1.807, 2.05) is 5.57 Å². The van der Waals surface area contributed by atoms with Crippen molar-refractivity contribution in [2.24, 2.45) is 92.5 Å². The van der Waals surface area contributed by atoms with Crippen molar-refractivity contribution in [3.8, 4) is 0 Å². The van der Waals surface area contributed by atoms with Gasteiger partial charge >= 0.3 is 0 Å². The lowest BCUT2D eigenvalue weighted by molar-refractivity contribution is -0.0612. The highest BCUT2D eigenvalue weighted by Crippen LogP contribution is 2.70. The first-order valence-electron chi connectivity index (χ1n) is 22.1. The van der Waals surface area contributed by atoms with Gasteiger partial charge in [-0.25, -0.2) is 0 Å². The molecular formula is C47H77N. The molecule has 8 aliphatic rings. The van der Waals surface area contributed by atoms with Crippen LogP contribution in [0.15, 0.2) is 23.3 Å². The lowest BCUT2D eigenvalue weighted by atomic mass is 9.46. The van der Waals surface area contributed by atoms with Crippen LogP contribution in [0.2, 0.25) is 0 Å². The summed E-state index contributed by atoms with van der Waals surface area (Å²) in [7, 11) is 0. The summed E-state index contributed by atoms with van der Waals surface area (Å²) in [5.74, 6) is 10.4. The molecule has 0 heterocycles. The second kappa shape index (κ2) is 12.5. The third kappa shape index (κ3) is 5.19. The average molecular weight is 656 g/mol. The van der Waals surface area contributed by atoms with Crippen LogP contribution in [0.4, 0.5) is 0 Å². The minimum atomic E-state index is 0.414. The van der Waals surface area contributed by atoms with Gasteiger partial charge in [0.25, 0.3) is 0 Å². The summed E-state index contributed by atoms with van der Waals surface area (Å²) in [4.78, 5) is 0. The summed E-state index contributed by atoms with van der Waals surface area (Å²) in [6, 6.07) is 0.414. The topological polar surface area (TPSA) is 26.0 Å². The lowest BCUT2D eigenvalue weighted by Crippen LogP contribution is -2.51. The molecule has 0 saturated heterocycles. The second-order valence-corrected chi connectivity index (χ2v) is 21.4. The second-order valence-electron chi connectivity index (χ2n) is 21.4. The van der Waals surface area contributed by atoms with Crippen LogP contribution in [0, 0.1) is 86.8 Å². The molecule has 270 valence electrons. The number of rotatable bonds is 7. The Morgan fingerprint density at radius 1 is 0.646 bits per heavy atom.